The molecule has 31 heavy (non-hydrogen) atoms. The summed E-state index contributed by atoms with van der Waals surface area (Å²) >= 11 is 11.8. The van der Waals surface area contributed by atoms with Gasteiger partial charge >= 0.3 is 6.18 Å². The van der Waals surface area contributed by atoms with E-state index >= 15 is 0 Å². The average molecular weight is 467 g/mol. The summed E-state index contributed by atoms with van der Waals surface area (Å²) in [7, 11) is 0. The summed E-state index contributed by atoms with van der Waals surface area (Å²) in [6.45, 7) is 1.90. The van der Waals surface area contributed by atoms with Crippen molar-refractivity contribution in [2.24, 2.45) is 0 Å². The predicted molar refractivity (Wildman–Crippen MR) is 116 cm³/mol. The van der Waals surface area contributed by atoms with Crippen molar-refractivity contribution in [1.82, 2.24) is 0 Å². The van der Waals surface area contributed by atoms with E-state index in [-0.39, 0.29) is 32.5 Å². The van der Waals surface area contributed by atoms with Gasteiger partial charge in [-0.05, 0) is 49.4 Å². The summed E-state index contributed by atoms with van der Waals surface area (Å²) in [5.41, 5.74) is 0.620. The Bertz CT molecular complexity index is 1150. The first-order valence-electron chi connectivity index (χ1n) is 8.89. The molecule has 0 aromatic heterocycles. The van der Waals surface area contributed by atoms with Crippen LogP contribution in [0.25, 0.3) is 0 Å². The van der Waals surface area contributed by atoms with Gasteiger partial charge in [0.1, 0.15) is 0 Å². The highest BCUT2D eigenvalue weighted by Crippen LogP contribution is 2.35. The topological polar surface area (TPSA) is 58.2 Å². The minimum absolute atomic E-state index is 0.0273. The maximum absolute atomic E-state index is 13.2. The zero-order valence-electron chi connectivity index (χ0n) is 16.0. The number of carbonyl (C=O) groups excluding carboxylic acids is 2. The summed E-state index contributed by atoms with van der Waals surface area (Å²) in [5, 5.41) is 5.51. The Labute approximate surface area is 186 Å². The highest BCUT2D eigenvalue weighted by molar-refractivity contribution is 6.42. The number of amides is 1. The zero-order valence-corrected chi connectivity index (χ0v) is 17.5. The van der Waals surface area contributed by atoms with Crippen LogP contribution in [0.5, 0.6) is 0 Å². The monoisotopic (exact) mass is 466 g/mol. The zero-order chi connectivity index (χ0) is 22.8. The van der Waals surface area contributed by atoms with E-state index in [0.29, 0.717) is 12.0 Å². The van der Waals surface area contributed by atoms with E-state index in [1.807, 2.05) is 19.1 Å². The normalized spacial score (nSPS) is 11.2. The van der Waals surface area contributed by atoms with Crippen LogP contribution in [0.3, 0.4) is 0 Å². The molecule has 0 heterocycles. The summed E-state index contributed by atoms with van der Waals surface area (Å²) in [4.78, 5) is 24.1. The lowest BCUT2D eigenvalue weighted by atomic mass is 10.1. The first-order chi connectivity index (χ1) is 14.6. The third-order valence-corrected chi connectivity index (χ3v) is 5.11. The molecule has 0 aliphatic heterocycles. The number of rotatable bonds is 5. The van der Waals surface area contributed by atoms with Crippen molar-refractivity contribution in [3.63, 3.8) is 0 Å². The Morgan fingerprint density at radius 3 is 2.19 bits per heavy atom. The van der Waals surface area contributed by atoms with Gasteiger partial charge in [0.15, 0.2) is 6.29 Å². The SMILES string of the molecule is Cc1ccc(Nc2ccc(C(F)(F)F)cc2NC(=O)c2cc(Cl)c(Cl)cc2C=O)cc1. The quantitative estimate of drug-likeness (QED) is 0.393. The maximum Gasteiger partial charge on any atom is 0.416 e. The number of aryl methyl sites for hydroxylation is 1. The van der Waals surface area contributed by atoms with Crippen LogP contribution in [0.4, 0.5) is 30.2 Å². The van der Waals surface area contributed by atoms with Crippen molar-refractivity contribution in [3.05, 3.63) is 86.9 Å². The van der Waals surface area contributed by atoms with Gasteiger partial charge in [-0.3, -0.25) is 9.59 Å². The minimum atomic E-state index is -4.61. The highest BCUT2D eigenvalue weighted by atomic mass is 35.5. The third kappa shape index (κ3) is 5.37. The molecule has 1 amide bonds. The van der Waals surface area contributed by atoms with Gasteiger partial charge in [0.25, 0.3) is 5.91 Å². The molecular formula is C22H15Cl2F3N2O2. The number of halogens is 5. The van der Waals surface area contributed by atoms with Crippen LogP contribution in [0, 0.1) is 6.92 Å². The Hall–Kier alpha value is -3.03. The third-order valence-electron chi connectivity index (χ3n) is 4.39. The van der Waals surface area contributed by atoms with E-state index in [4.69, 9.17) is 23.2 Å². The van der Waals surface area contributed by atoms with E-state index in [9.17, 15) is 22.8 Å². The lowest BCUT2D eigenvalue weighted by Crippen LogP contribution is -2.16. The number of anilines is 3. The van der Waals surface area contributed by atoms with Crippen LogP contribution < -0.4 is 10.6 Å². The average Bonchev–Trinajstić information content (AvgIpc) is 2.71. The molecule has 0 unspecified atom stereocenters. The molecule has 0 saturated heterocycles. The van der Waals surface area contributed by atoms with Gasteiger partial charge in [0.2, 0.25) is 0 Å². The Balaban J connectivity index is 2.01. The molecule has 3 aromatic rings. The van der Waals surface area contributed by atoms with E-state index < -0.39 is 17.6 Å². The van der Waals surface area contributed by atoms with Crippen molar-refractivity contribution in [2.75, 3.05) is 10.6 Å². The van der Waals surface area contributed by atoms with Crippen LogP contribution in [0.15, 0.2) is 54.6 Å². The van der Waals surface area contributed by atoms with Gasteiger partial charge in [-0.2, -0.15) is 13.2 Å². The number of nitrogens with one attached hydrogen (secondary N) is 2. The van der Waals surface area contributed by atoms with E-state index in [1.54, 1.807) is 12.1 Å². The van der Waals surface area contributed by atoms with Gasteiger partial charge in [-0.25, -0.2) is 0 Å². The molecule has 3 aromatic carbocycles. The summed E-state index contributed by atoms with van der Waals surface area (Å²) in [6.07, 6.45) is -4.20. The van der Waals surface area contributed by atoms with Crippen LogP contribution in [-0.2, 0) is 6.18 Å². The predicted octanol–water partition coefficient (Wildman–Crippen LogP) is 7.13. The second-order valence-electron chi connectivity index (χ2n) is 6.67. The summed E-state index contributed by atoms with van der Waals surface area (Å²) < 4.78 is 39.7. The molecule has 0 aliphatic rings. The molecule has 0 atom stereocenters. The van der Waals surface area contributed by atoms with Gasteiger partial charge < -0.3 is 10.6 Å². The molecule has 0 fully saturated rings. The maximum atomic E-state index is 13.2. The number of hydrogen-bond donors (Lipinski definition) is 2. The fraction of sp³-hybridized carbons (Fsp3) is 0.0909. The first kappa shape index (κ1) is 22.7. The van der Waals surface area contributed by atoms with E-state index in [0.717, 1.165) is 17.7 Å². The standard InChI is InChI=1S/C22H15Cl2F3N2O2/c1-12-2-5-15(6-3-12)28-19-7-4-14(22(25,26)27)9-20(19)29-21(31)16-10-18(24)17(23)8-13(16)11-30/h2-11,28H,1H3,(H,29,31). The largest absolute Gasteiger partial charge is 0.416 e. The Morgan fingerprint density at radius 1 is 0.935 bits per heavy atom. The fourth-order valence-electron chi connectivity index (χ4n) is 2.77. The number of hydrogen-bond acceptors (Lipinski definition) is 3. The van der Waals surface area contributed by atoms with Crippen molar-refractivity contribution in [1.29, 1.82) is 0 Å². The molecule has 4 nitrogen and oxygen atoms in total. The minimum Gasteiger partial charge on any atom is -0.354 e. The Morgan fingerprint density at radius 2 is 1.58 bits per heavy atom. The van der Waals surface area contributed by atoms with Crippen molar-refractivity contribution in [2.45, 2.75) is 13.1 Å². The second kappa shape index (κ2) is 8.99. The molecule has 0 saturated carbocycles. The first-order valence-corrected chi connectivity index (χ1v) is 9.64. The lowest BCUT2D eigenvalue weighted by molar-refractivity contribution is -0.137. The Kier molecular flexibility index (Phi) is 6.57. The lowest BCUT2D eigenvalue weighted by Gasteiger charge is -2.17. The summed E-state index contributed by atoms with van der Waals surface area (Å²) in [5.74, 6) is -0.813. The van der Waals surface area contributed by atoms with Gasteiger partial charge in [0.05, 0.1) is 32.5 Å². The second-order valence-corrected chi connectivity index (χ2v) is 7.49. The molecule has 0 radical (unpaired) electrons. The van der Waals surface area contributed by atoms with Crippen LogP contribution >= 0.6 is 23.2 Å². The van der Waals surface area contributed by atoms with Crippen LogP contribution in [-0.4, -0.2) is 12.2 Å². The van der Waals surface area contributed by atoms with Crippen LogP contribution in [0.2, 0.25) is 10.0 Å². The van der Waals surface area contributed by atoms with Gasteiger partial charge in [-0.15, -0.1) is 0 Å². The molecular weight excluding hydrogens is 452 g/mol. The molecule has 0 bridgehead atoms. The number of alkyl halides is 3. The highest BCUT2D eigenvalue weighted by Gasteiger charge is 2.31. The fourth-order valence-corrected chi connectivity index (χ4v) is 3.11. The molecule has 9 heteroatoms. The van der Waals surface area contributed by atoms with E-state index in [1.165, 1.54) is 18.2 Å². The number of benzene rings is 3. The van der Waals surface area contributed by atoms with Gasteiger partial charge in [-0.1, -0.05) is 40.9 Å². The molecule has 0 aliphatic carbocycles. The number of aldehydes is 1. The van der Waals surface area contributed by atoms with Crippen molar-refractivity contribution in [3.8, 4) is 0 Å². The van der Waals surface area contributed by atoms with Crippen molar-refractivity contribution < 1.29 is 22.8 Å². The van der Waals surface area contributed by atoms with Crippen LogP contribution in [0.1, 0.15) is 31.8 Å². The summed E-state index contributed by atoms with van der Waals surface area (Å²) in [6, 6.07) is 12.5. The molecule has 160 valence electrons. The molecule has 2 N–H and O–H groups in total. The molecule has 3 rings (SSSR count). The number of carbonyl (C=O) groups is 2. The smallest absolute Gasteiger partial charge is 0.354 e. The van der Waals surface area contributed by atoms with E-state index in [2.05, 4.69) is 10.6 Å². The van der Waals surface area contributed by atoms with Crippen molar-refractivity contribution >= 4 is 52.5 Å². The molecule has 0 spiro atoms. The van der Waals surface area contributed by atoms with Gasteiger partial charge in [0, 0.05) is 11.3 Å².